The third-order valence-corrected chi connectivity index (χ3v) is 1.99. The molecule has 0 spiro atoms. The van der Waals surface area contributed by atoms with Gasteiger partial charge < -0.3 is 15.2 Å². The van der Waals surface area contributed by atoms with Crippen LogP contribution in [-0.2, 0) is 16.0 Å². The zero-order valence-electron chi connectivity index (χ0n) is 8.70. The number of carboxylic acids is 1. The van der Waals surface area contributed by atoms with Crippen molar-refractivity contribution in [1.82, 2.24) is 5.32 Å². The molecule has 0 radical (unpaired) electrons. The van der Waals surface area contributed by atoms with E-state index >= 15 is 0 Å². The van der Waals surface area contributed by atoms with E-state index in [1.165, 1.54) is 25.1 Å². The van der Waals surface area contributed by atoms with Crippen LogP contribution in [0.25, 0.3) is 0 Å². The van der Waals surface area contributed by atoms with E-state index < -0.39 is 23.7 Å². The standard InChI is InChI=1S/C11H12FNO3/c1-7(14)13-10(11(15)16)6-8-3-2-4-9(12)5-8/h2-5,10H,6H2,1H3,(H,13,14)(H,15,16)/p-1/t10-/m1/s1. The second-order valence-electron chi connectivity index (χ2n) is 3.41. The number of hydrogen-bond donors (Lipinski definition) is 1. The maximum atomic E-state index is 12.8. The van der Waals surface area contributed by atoms with Crippen LogP contribution in [0.2, 0.25) is 0 Å². The van der Waals surface area contributed by atoms with Gasteiger partial charge >= 0.3 is 0 Å². The highest BCUT2D eigenvalue weighted by atomic mass is 19.1. The second-order valence-corrected chi connectivity index (χ2v) is 3.41. The Labute approximate surface area is 92.1 Å². The number of rotatable bonds is 4. The number of halogens is 1. The normalized spacial score (nSPS) is 11.9. The largest absolute Gasteiger partial charge is 0.548 e. The van der Waals surface area contributed by atoms with Gasteiger partial charge in [-0.3, -0.25) is 4.79 Å². The lowest BCUT2D eigenvalue weighted by atomic mass is 10.1. The lowest BCUT2D eigenvalue weighted by Gasteiger charge is -2.18. The van der Waals surface area contributed by atoms with Crippen molar-refractivity contribution in [1.29, 1.82) is 0 Å². The lowest BCUT2D eigenvalue weighted by molar-refractivity contribution is -0.308. The Morgan fingerprint density at radius 3 is 2.69 bits per heavy atom. The van der Waals surface area contributed by atoms with Crippen molar-refractivity contribution in [3.63, 3.8) is 0 Å². The van der Waals surface area contributed by atoms with E-state index in [1.54, 1.807) is 6.07 Å². The minimum Gasteiger partial charge on any atom is -0.548 e. The topological polar surface area (TPSA) is 69.2 Å². The average molecular weight is 224 g/mol. The smallest absolute Gasteiger partial charge is 0.217 e. The number of benzene rings is 1. The number of carbonyl (C=O) groups excluding carboxylic acids is 2. The van der Waals surface area contributed by atoms with Gasteiger partial charge in [-0.05, 0) is 24.1 Å². The summed E-state index contributed by atoms with van der Waals surface area (Å²) >= 11 is 0. The molecule has 1 aromatic carbocycles. The van der Waals surface area contributed by atoms with Crippen LogP contribution in [-0.4, -0.2) is 17.9 Å². The molecule has 0 aromatic heterocycles. The Balaban J connectivity index is 2.75. The summed E-state index contributed by atoms with van der Waals surface area (Å²) in [6.45, 7) is 1.21. The Bertz CT molecular complexity index is 406. The summed E-state index contributed by atoms with van der Waals surface area (Å²) < 4.78 is 12.8. The summed E-state index contributed by atoms with van der Waals surface area (Å²) in [7, 11) is 0. The fourth-order valence-corrected chi connectivity index (χ4v) is 1.34. The van der Waals surface area contributed by atoms with Crippen molar-refractivity contribution in [2.75, 3.05) is 0 Å². The van der Waals surface area contributed by atoms with Crippen LogP contribution < -0.4 is 10.4 Å². The highest BCUT2D eigenvalue weighted by molar-refractivity contribution is 5.81. The highest BCUT2D eigenvalue weighted by Gasteiger charge is 2.12. The Kier molecular flexibility index (Phi) is 3.99. The molecule has 16 heavy (non-hydrogen) atoms. The van der Waals surface area contributed by atoms with Gasteiger partial charge in [0.15, 0.2) is 0 Å². The third kappa shape index (κ3) is 3.68. The highest BCUT2D eigenvalue weighted by Crippen LogP contribution is 2.06. The number of aliphatic carboxylic acids is 1. The molecule has 1 atom stereocenters. The van der Waals surface area contributed by atoms with Crippen LogP contribution in [0, 0.1) is 5.82 Å². The number of nitrogens with one attached hydrogen (secondary N) is 1. The van der Waals surface area contributed by atoms with Crippen LogP contribution in [0.1, 0.15) is 12.5 Å². The van der Waals surface area contributed by atoms with E-state index in [0.717, 1.165) is 0 Å². The molecule has 1 amide bonds. The first-order valence-corrected chi connectivity index (χ1v) is 4.71. The summed E-state index contributed by atoms with van der Waals surface area (Å²) in [6.07, 6.45) is -0.000324. The molecule has 0 heterocycles. The van der Waals surface area contributed by atoms with Gasteiger partial charge in [-0.2, -0.15) is 0 Å². The Hall–Kier alpha value is -1.91. The van der Waals surface area contributed by atoms with Crippen LogP contribution in [0.5, 0.6) is 0 Å². The molecule has 0 unspecified atom stereocenters. The molecule has 4 nitrogen and oxygen atoms in total. The van der Waals surface area contributed by atoms with Gasteiger partial charge in [0, 0.05) is 6.92 Å². The van der Waals surface area contributed by atoms with Crippen molar-refractivity contribution in [3.05, 3.63) is 35.6 Å². The molecular weight excluding hydrogens is 213 g/mol. The number of amides is 1. The van der Waals surface area contributed by atoms with E-state index in [2.05, 4.69) is 5.32 Å². The number of carboxylic acid groups (broad SMARTS) is 1. The minimum absolute atomic E-state index is 0.000324. The zero-order valence-corrected chi connectivity index (χ0v) is 8.70. The first-order chi connectivity index (χ1) is 7.49. The van der Waals surface area contributed by atoms with Gasteiger partial charge in [-0.25, -0.2) is 4.39 Å². The van der Waals surface area contributed by atoms with Gasteiger partial charge in [0.05, 0.1) is 12.0 Å². The van der Waals surface area contributed by atoms with E-state index in [1.807, 2.05) is 0 Å². The molecule has 0 aliphatic carbocycles. The van der Waals surface area contributed by atoms with Crippen molar-refractivity contribution in [3.8, 4) is 0 Å². The molecule has 0 aliphatic heterocycles. The van der Waals surface area contributed by atoms with Gasteiger partial charge in [-0.1, -0.05) is 12.1 Å². The van der Waals surface area contributed by atoms with Gasteiger partial charge in [0.2, 0.25) is 5.91 Å². The molecule has 0 saturated heterocycles. The zero-order chi connectivity index (χ0) is 12.1. The molecule has 0 fully saturated rings. The molecule has 1 aromatic rings. The van der Waals surface area contributed by atoms with Crippen LogP contribution in [0.3, 0.4) is 0 Å². The average Bonchev–Trinajstić information content (AvgIpc) is 2.15. The molecule has 0 aliphatic rings. The molecule has 5 heteroatoms. The molecule has 0 saturated carbocycles. The number of hydrogen-bond acceptors (Lipinski definition) is 3. The van der Waals surface area contributed by atoms with Crippen molar-refractivity contribution in [2.24, 2.45) is 0 Å². The van der Waals surface area contributed by atoms with Crippen molar-refractivity contribution in [2.45, 2.75) is 19.4 Å². The molecule has 1 N–H and O–H groups in total. The summed E-state index contributed by atoms with van der Waals surface area (Å²) in [5, 5.41) is 12.9. The third-order valence-electron chi connectivity index (χ3n) is 1.99. The van der Waals surface area contributed by atoms with E-state index in [9.17, 15) is 19.1 Å². The van der Waals surface area contributed by atoms with Crippen LogP contribution in [0.4, 0.5) is 4.39 Å². The molecule has 0 bridgehead atoms. The second kappa shape index (κ2) is 5.25. The van der Waals surface area contributed by atoms with Crippen LogP contribution in [0.15, 0.2) is 24.3 Å². The maximum absolute atomic E-state index is 12.8. The summed E-state index contributed by atoms with van der Waals surface area (Å²) in [5.41, 5.74) is 0.489. The lowest BCUT2D eigenvalue weighted by Crippen LogP contribution is -2.48. The Morgan fingerprint density at radius 2 is 2.19 bits per heavy atom. The first-order valence-electron chi connectivity index (χ1n) is 4.71. The fourth-order valence-electron chi connectivity index (χ4n) is 1.34. The Morgan fingerprint density at radius 1 is 1.50 bits per heavy atom. The van der Waals surface area contributed by atoms with E-state index in [0.29, 0.717) is 5.56 Å². The summed E-state index contributed by atoms with van der Waals surface area (Å²) in [4.78, 5) is 21.4. The number of carbonyl (C=O) groups is 2. The van der Waals surface area contributed by atoms with Crippen LogP contribution >= 0.6 is 0 Å². The van der Waals surface area contributed by atoms with E-state index in [-0.39, 0.29) is 6.42 Å². The summed E-state index contributed by atoms with van der Waals surface area (Å²) in [5.74, 6) is -2.30. The first kappa shape index (κ1) is 12.2. The van der Waals surface area contributed by atoms with E-state index in [4.69, 9.17) is 0 Å². The van der Waals surface area contributed by atoms with Crippen molar-refractivity contribution >= 4 is 11.9 Å². The molecule has 1 rings (SSSR count). The fraction of sp³-hybridized carbons (Fsp3) is 0.273. The molecular formula is C11H11FNO3-. The minimum atomic E-state index is -1.39. The SMILES string of the molecule is CC(=O)N[C@H](Cc1cccc(F)c1)C(=O)[O-]. The predicted octanol–water partition coefficient (Wildman–Crippen LogP) is -0.377. The van der Waals surface area contributed by atoms with Crippen molar-refractivity contribution < 1.29 is 19.1 Å². The van der Waals surface area contributed by atoms with Gasteiger partial charge in [0.25, 0.3) is 0 Å². The predicted molar refractivity (Wildman–Crippen MR) is 52.7 cm³/mol. The maximum Gasteiger partial charge on any atom is 0.217 e. The quantitative estimate of drug-likeness (QED) is 0.758. The summed E-state index contributed by atoms with van der Waals surface area (Å²) in [6, 6.07) is 4.40. The monoisotopic (exact) mass is 224 g/mol. The van der Waals surface area contributed by atoms with Gasteiger partial charge in [-0.15, -0.1) is 0 Å². The molecule has 86 valence electrons. The van der Waals surface area contributed by atoms with Gasteiger partial charge in [0.1, 0.15) is 5.82 Å².